The first-order valence-corrected chi connectivity index (χ1v) is 7.70. The van der Waals surface area contributed by atoms with Crippen molar-refractivity contribution >= 4 is 10.1 Å². The number of hydrogen-bond acceptors (Lipinski definition) is 2. The molecule has 0 aliphatic heterocycles. The highest BCUT2D eigenvalue weighted by molar-refractivity contribution is 7.85. The predicted molar refractivity (Wildman–Crippen MR) is 64.9 cm³/mol. The summed E-state index contributed by atoms with van der Waals surface area (Å²) in [6.07, 6.45) is 6.97. The van der Waals surface area contributed by atoms with Crippen LogP contribution in [-0.4, -0.2) is 49.9 Å². The van der Waals surface area contributed by atoms with Crippen molar-refractivity contribution in [3.05, 3.63) is 0 Å². The molecule has 0 amide bonds. The van der Waals surface area contributed by atoms with Gasteiger partial charge in [-0.25, -0.2) is 0 Å². The Morgan fingerprint density at radius 3 is 2.25 bits per heavy atom. The van der Waals surface area contributed by atoms with Crippen LogP contribution in [0.4, 0.5) is 0 Å². The summed E-state index contributed by atoms with van der Waals surface area (Å²) in [5.74, 6) is -0.110. The number of nitrogens with zero attached hydrogens (tertiary/aromatic N) is 1. The van der Waals surface area contributed by atoms with Gasteiger partial charge in [0, 0.05) is 6.42 Å². The van der Waals surface area contributed by atoms with E-state index in [1.165, 1.54) is 32.1 Å². The average Bonchev–Trinajstić information content (AvgIpc) is 2.17. The first-order valence-electron chi connectivity index (χ1n) is 6.09. The van der Waals surface area contributed by atoms with Crippen molar-refractivity contribution in [1.29, 1.82) is 0 Å². The highest BCUT2D eigenvalue weighted by Crippen LogP contribution is 2.25. The summed E-state index contributed by atoms with van der Waals surface area (Å²) in [6, 6.07) is 0.662. The number of rotatable bonds is 5. The third-order valence-electron chi connectivity index (χ3n) is 3.70. The quantitative estimate of drug-likeness (QED) is 0.596. The molecule has 1 aliphatic rings. The van der Waals surface area contributed by atoms with Crippen LogP contribution in [0, 0.1) is 0 Å². The van der Waals surface area contributed by atoms with Gasteiger partial charge in [-0.3, -0.25) is 4.55 Å². The van der Waals surface area contributed by atoms with Crippen molar-refractivity contribution in [2.45, 2.75) is 44.6 Å². The lowest BCUT2D eigenvalue weighted by atomic mass is 9.93. The standard InChI is InChI=1S/C11H23NO3S/c1-12(2,9-6-10-16(13,14)15)11-7-4-3-5-8-11/h11H,3-10H2,1-2H3/p+1. The first-order chi connectivity index (χ1) is 7.31. The molecule has 0 aromatic heterocycles. The van der Waals surface area contributed by atoms with Crippen LogP contribution >= 0.6 is 0 Å². The molecule has 1 fully saturated rings. The molecule has 4 nitrogen and oxygen atoms in total. The van der Waals surface area contributed by atoms with Gasteiger partial charge in [-0.05, 0) is 25.7 Å². The summed E-state index contributed by atoms with van der Waals surface area (Å²) in [6.45, 7) is 0.824. The summed E-state index contributed by atoms with van der Waals surface area (Å²) in [4.78, 5) is 0. The van der Waals surface area contributed by atoms with E-state index >= 15 is 0 Å². The Morgan fingerprint density at radius 1 is 1.19 bits per heavy atom. The monoisotopic (exact) mass is 250 g/mol. The van der Waals surface area contributed by atoms with E-state index in [-0.39, 0.29) is 5.75 Å². The molecule has 1 rings (SSSR count). The van der Waals surface area contributed by atoms with E-state index in [1.54, 1.807) is 0 Å². The molecule has 5 heteroatoms. The van der Waals surface area contributed by atoms with Crippen molar-refractivity contribution in [2.24, 2.45) is 0 Å². The van der Waals surface area contributed by atoms with Crippen molar-refractivity contribution in [3.63, 3.8) is 0 Å². The fraction of sp³-hybridized carbons (Fsp3) is 1.00. The van der Waals surface area contributed by atoms with E-state index in [1.807, 2.05) is 0 Å². The lowest BCUT2D eigenvalue weighted by Gasteiger charge is -2.40. The lowest BCUT2D eigenvalue weighted by Crippen LogP contribution is -2.50. The summed E-state index contributed by atoms with van der Waals surface area (Å²) in [7, 11) is 0.546. The van der Waals surface area contributed by atoms with E-state index in [0.717, 1.165) is 11.0 Å². The Morgan fingerprint density at radius 2 is 1.75 bits per heavy atom. The van der Waals surface area contributed by atoms with Crippen LogP contribution in [0.1, 0.15) is 38.5 Å². The second kappa shape index (κ2) is 5.47. The number of hydrogen-bond donors (Lipinski definition) is 1. The molecule has 0 atom stereocenters. The topological polar surface area (TPSA) is 54.4 Å². The average molecular weight is 250 g/mol. The van der Waals surface area contributed by atoms with Gasteiger partial charge in [0.25, 0.3) is 10.1 Å². The smallest absolute Gasteiger partial charge is 0.265 e. The van der Waals surface area contributed by atoms with Gasteiger partial charge in [-0.15, -0.1) is 0 Å². The van der Waals surface area contributed by atoms with Gasteiger partial charge >= 0.3 is 0 Å². The molecule has 0 saturated heterocycles. The SMILES string of the molecule is C[N+](C)(CCCS(=O)(=O)O)C1CCCCC1. The molecule has 96 valence electrons. The third kappa shape index (κ3) is 4.80. The van der Waals surface area contributed by atoms with Crippen LogP contribution in [0.2, 0.25) is 0 Å². The van der Waals surface area contributed by atoms with Crippen molar-refractivity contribution in [2.75, 3.05) is 26.4 Å². The Hall–Kier alpha value is -0.130. The van der Waals surface area contributed by atoms with Gasteiger partial charge in [-0.1, -0.05) is 6.42 Å². The number of quaternary nitrogens is 1. The molecular formula is C11H24NO3S+. The Bertz CT molecular complexity index is 305. The minimum absolute atomic E-state index is 0.110. The van der Waals surface area contributed by atoms with Crippen LogP contribution in [0.3, 0.4) is 0 Å². The van der Waals surface area contributed by atoms with Crippen LogP contribution in [0.25, 0.3) is 0 Å². The maximum absolute atomic E-state index is 10.6. The van der Waals surface area contributed by atoms with Gasteiger partial charge in [0.15, 0.2) is 0 Å². The van der Waals surface area contributed by atoms with E-state index in [4.69, 9.17) is 4.55 Å². The second-order valence-electron chi connectivity index (χ2n) is 5.43. The molecule has 1 saturated carbocycles. The van der Waals surface area contributed by atoms with Gasteiger partial charge in [0.05, 0.1) is 32.4 Å². The van der Waals surface area contributed by atoms with Crippen molar-refractivity contribution in [1.82, 2.24) is 0 Å². The molecule has 0 aromatic rings. The van der Waals surface area contributed by atoms with Gasteiger partial charge < -0.3 is 4.48 Å². The molecule has 1 aliphatic carbocycles. The van der Waals surface area contributed by atoms with Crippen molar-refractivity contribution in [3.8, 4) is 0 Å². The Balaban J connectivity index is 2.38. The Labute approximate surface area is 99.0 Å². The van der Waals surface area contributed by atoms with E-state index < -0.39 is 10.1 Å². The zero-order valence-electron chi connectivity index (χ0n) is 10.4. The minimum Gasteiger partial charge on any atom is -0.326 e. The zero-order valence-corrected chi connectivity index (χ0v) is 11.2. The fourth-order valence-corrected chi connectivity index (χ4v) is 3.11. The van der Waals surface area contributed by atoms with E-state index in [2.05, 4.69) is 14.1 Å². The molecule has 0 bridgehead atoms. The molecule has 0 spiro atoms. The van der Waals surface area contributed by atoms with Crippen LogP contribution in [-0.2, 0) is 10.1 Å². The molecular weight excluding hydrogens is 226 g/mol. The highest BCUT2D eigenvalue weighted by atomic mass is 32.2. The van der Waals surface area contributed by atoms with Gasteiger partial charge in [0.2, 0.25) is 0 Å². The summed E-state index contributed by atoms with van der Waals surface area (Å²) < 4.78 is 30.9. The van der Waals surface area contributed by atoms with Gasteiger partial charge in [0.1, 0.15) is 0 Å². The van der Waals surface area contributed by atoms with Gasteiger partial charge in [-0.2, -0.15) is 8.42 Å². The molecule has 1 N–H and O–H groups in total. The predicted octanol–water partition coefficient (Wildman–Crippen LogP) is 1.67. The highest BCUT2D eigenvalue weighted by Gasteiger charge is 2.29. The van der Waals surface area contributed by atoms with Crippen LogP contribution < -0.4 is 0 Å². The molecule has 0 aromatic carbocycles. The summed E-state index contributed by atoms with van der Waals surface area (Å²) in [5.41, 5.74) is 0. The maximum atomic E-state index is 10.6. The van der Waals surface area contributed by atoms with E-state index in [9.17, 15) is 8.42 Å². The maximum Gasteiger partial charge on any atom is 0.265 e. The first kappa shape index (κ1) is 13.9. The Kier molecular flexibility index (Phi) is 4.76. The van der Waals surface area contributed by atoms with Crippen molar-refractivity contribution < 1.29 is 17.5 Å². The third-order valence-corrected chi connectivity index (χ3v) is 4.50. The zero-order chi connectivity index (χ0) is 12.2. The largest absolute Gasteiger partial charge is 0.326 e. The van der Waals surface area contributed by atoms with Crippen LogP contribution in [0.15, 0.2) is 0 Å². The van der Waals surface area contributed by atoms with Crippen LogP contribution in [0.5, 0.6) is 0 Å². The fourth-order valence-electron chi connectivity index (χ4n) is 2.62. The summed E-state index contributed by atoms with van der Waals surface area (Å²) >= 11 is 0. The van der Waals surface area contributed by atoms with E-state index in [0.29, 0.717) is 12.5 Å². The normalized spacial score (nSPS) is 19.9. The second-order valence-corrected chi connectivity index (χ2v) is 7.01. The molecule has 0 unspecified atom stereocenters. The minimum atomic E-state index is -3.79. The molecule has 16 heavy (non-hydrogen) atoms. The molecule has 0 radical (unpaired) electrons. The lowest BCUT2D eigenvalue weighted by molar-refractivity contribution is -0.916. The summed E-state index contributed by atoms with van der Waals surface area (Å²) in [5, 5.41) is 0. The molecule has 0 heterocycles.